The van der Waals surface area contributed by atoms with Crippen LogP contribution in [-0.4, -0.2) is 98.3 Å². The zero-order valence-corrected chi connectivity index (χ0v) is 29.9. The van der Waals surface area contributed by atoms with E-state index < -0.39 is 75.7 Å². The van der Waals surface area contributed by atoms with Gasteiger partial charge in [-0.3, -0.25) is 18.6 Å². The van der Waals surface area contributed by atoms with Gasteiger partial charge in [0.25, 0.3) is 0 Å². The van der Waals surface area contributed by atoms with Crippen LogP contribution in [-0.2, 0) is 32.7 Å². The van der Waals surface area contributed by atoms with E-state index in [-0.39, 0.29) is 12.8 Å². The number of hydrogen-bond donors (Lipinski definition) is 6. The average Bonchev–Trinajstić information content (AvgIpc) is 3.06. The molecule has 0 saturated heterocycles. The number of ether oxygens (including phenoxy) is 2. The summed E-state index contributed by atoms with van der Waals surface area (Å²) in [5, 5.41) is 49.7. The van der Waals surface area contributed by atoms with Gasteiger partial charge in [0.2, 0.25) is 0 Å². The predicted octanol–water partition coefficient (Wildman–Crippen LogP) is 4.77. The van der Waals surface area contributed by atoms with E-state index in [0.29, 0.717) is 12.8 Å². The normalized spacial score (nSPS) is 24.8. The highest BCUT2D eigenvalue weighted by molar-refractivity contribution is 7.47. The first-order chi connectivity index (χ1) is 22.9. The first kappa shape index (κ1) is 44.6. The molecule has 0 spiro atoms. The maximum atomic E-state index is 12.7. The number of aliphatic hydroxyl groups excluding tert-OH is 5. The van der Waals surface area contributed by atoms with E-state index in [2.05, 4.69) is 26.0 Å². The third kappa shape index (κ3) is 19.7. The van der Waals surface area contributed by atoms with Crippen LogP contribution in [0.3, 0.4) is 0 Å². The van der Waals surface area contributed by atoms with Gasteiger partial charge in [-0.25, -0.2) is 4.57 Å². The molecule has 14 heteroatoms. The van der Waals surface area contributed by atoms with Gasteiger partial charge in [0.15, 0.2) is 6.10 Å². The summed E-state index contributed by atoms with van der Waals surface area (Å²) in [4.78, 5) is 35.2. The molecule has 0 aromatic carbocycles. The van der Waals surface area contributed by atoms with Crippen LogP contribution >= 0.6 is 7.82 Å². The van der Waals surface area contributed by atoms with Gasteiger partial charge in [-0.2, -0.15) is 0 Å². The van der Waals surface area contributed by atoms with Gasteiger partial charge >= 0.3 is 19.8 Å². The van der Waals surface area contributed by atoms with Crippen LogP contribution in [0.5, 0.6) is 0 Å². The third-order valence-electron chi connectivity index (χ3n) is 8.36. The Morgan fingerprint density at radius 1 is 0.625 bits per heavy atom. The molecule has 0 radical (unpaired) electrons. The van der Waals surface area contributed by atoms with E-state index in [1.54, 1.807) is 0 Å². The molecule has 1 aliphatic carbocycles. The average molecular weight is 711 g/mol. The fourth-order valence-electron chi connectivity index (χ4n) is 5.32. The lowest BCUT2D eigenvalue weighted by Gasteiger charge is -2.41. The van der Waals surface area contributed by atoms with Crippen molar-refractivity contribution in [2.75, 3.05) is 13.2 Å². The molecule has 48 heavy (non-hydrogen) atoms. The Bertz CT molecular complexity index is 917. The molecule has 0 aromatic heterocycles. The Kier molecular flexibility index (Phi) is 24.5. The summed E-state index contributed by atoms with van der Waals surface area (Å²) >= 11 is 0. The summed E-state index contributed by atoms with van der Waals surface area (Å²) in [5.74, 6) is -1.12. The summed E-state index contributed by atoms with van der Waals surface area (Å²) in [6.07, 6.45) is 8.92. The fraction of sp³-hybridized carbons (Fsp3) is 0.882. The molecule has 0 bridgehead atoms. The minimum absolute atomic E-state index is 0.0888. The van der Waals surface area contributed by atoms with Crippen molar-refractivity contribution < 1.29 is 63.1 Å². The van der Waals surface area contributed by atoms with Crippen LogP contribution in [0.1, 0.15) is 136 Å². The molecule has 6 N–H and O–H groups in total. The molecule has 1 aliphatic rings. The quantitative estimate of drug-likeness (QED) is 0.0280. The number of rotatable bonds is 28. The SMILES string of the molecule is CCCC/C=C/CCCCCCCC(=O)O[C@H](COC(=O)CCCCCCCCCC)COP(=O)(O)OC1[C@H](O)[C@H](O)C(O)[C@H](O)[C@H]1O. The first-order valence-corrected chi connectivity index (χ1v) is 19.5. The van der Waals surface area contributed by atoms with E-state index in [9.17, 15) is 44.6 Å². The Hall–Kier alpha value is -1.41. The number of carbonyl (C=O) groups excluding carboxylic acids is 2. The molecule has 1 saturated carbocycles. The number of phosphoric ester groups is 1. The van der Waals surface area contributed by atoms with Crippen LogP contribution in [0.4, 0.5) is 0 Å². The van der Waals surface area contributed by atoms with Crippen LogP contribution in [0.15, 0.2) is 12.2 Å². The van der Waals surface area contributed by atoms with Crippen LogP contribution < -0.4 is 0 Å². The number of aliphatic hydroxyl groups is 5. The lowest BCUT2D eigenvalue weighted by molar-refractivity contribution is -0.220. The van der Waals surface area contributed by atoms with E-state index >= 15 is 0 Å². The lowest BCUT2D eigenvalue weighted by Crippen LogP contribution is -2.64. The maximum absolute atomic E-state index is 12.7. The Morgan fingerprint density at radius 2 is 1.08 bits per heavy atom. The minimum atomic E-state index is -5.10. The minimum Gasteiger partial charge on any atom is -0.462 e. The van der Waals surface area contributed by atoms with Gasteiger partial charge < -0.3 is 39.9 Å². The molecule has 282 valence electrons. The Labute approximate surface area is 286 Å². The van der Waals surface area contributed by atoms with Gasteiger partial charge in [-0.15, -0.1) is 0 Å². The molecule has 8 atom stereocenters. The second-order valence-corrected chi connectivity index (χ2v) is 14.1. The number of carbonyl (C=O) groups is 2. The summed E-state index contributed by atoms with van der Waals surface area (Å²) in [6, 6.07) is 0. The zero-order chi connectivity index (χ0) is 35.8. The van der Waals surface area contributed by atoms with Crippen molar-refractivity contribution >= 4 is 19.8 Å². The topological polar surface area (TPSA) is 210 Å². The van der Waals surface area contributed by atoms with Gasteiger partial charge in [-0.1, -0.05) is 103 Å². The molecule has 1 fully saturated rings. The number of hydrogen-bond acceptors (Lipinski definition) is 12. The second-order valence-electron chi connectivity index (χ2n) is 12.7. The van der Waals surface area contributed by atoms with Crippen molar-refractivity contribution in [1.82, 2.24) is 0 Å². The van der Waals surface area contributed by atoms with Crippen molar-refractivity contribution in [1.29, 1.82) is 0 Å². The standard InChI is InChI=1S/C34H63O13P/c1-3-5-7-9-11-13-14-15-17-19-21-23-28(36)46-26(24-44-27(35)22-20-18-16-12-10-8-6-4-2)25-45-48(42,43)47-34-32(40)30(38)29(37)31(39)33(34)41/h9,11,26,29-34,37-41H,3-8,10,12-25H2,1-2H3,(H,42,43)/b11-9+/t26-,29?,30-,31+,32-,33-,34?/m1/s1. The summed E-state index contributed by atoms with van der Waals surface area (Å²) in [6.45, 7) is 3.16. The smallest absolute Gasteiger partial charge is 0.462 e. The van der Waals surface area contributed by atoms with Crippen molar-refractivity contribution in [2.45, 2.75) is 179 Å². The number of unbranched alkanes of at least 4 members (excludes halogenated alkanes) is 14. The number of esters is 2. The Balaban J connectivity index is 2.59. The zero-order valence-electron chi connectivity index (χ0n) is 29.0. The molecule has 1 rings (SSSR count). The third-order valence-corrected chi connectivity index (χ3v) is 9.34. The lowest BCUT2D eigenvalue weighted by atomic mass is 9.85. The van der Waals surface area contributed by atoms with Crippen LogP contribution in [0.25, 0.3) is 0 Å². The molecule has 0 amide bonds. The molecule has 13 nitrogen and oxygen atoms in total. The maximum Gasteiger partial charge on any atom is 0.472 e. The molecular formula is C34H63O13P. The summed E-state index contributed by atoms with van der Waals surface area (Å²) < 4.78 is 33.1. The largest absolute Gasteiger partial charge is 0.472 e. The second kappa shape index (κ2) is 26.4. The molecule has 3 unspecified atom stereocenters. The molecular weight excluding hydrogens is 647 g/mol. The highest BCUT2D eigenvalue weighted by atomic mass is 31.2. The van der Waals surface area contributed by atoms with E-state index in [0.717, 1.165) is 57.8 Å². The monoisotopic (exact) mass is 710 g/mol. The van der Waals surface area contributed by atoms with Gasteiger partial charge in [0.1, 0.15) is 43.2 Å². The van der Waals surface area contributed by atoms with Crippen LogP contribution in [0, 0.1) is 0 Å². The van der Waals surface area contributed by atoms with E-state index in [1.807, 2.05) is 0 Å². The van der Waals surface area contributed by atoms with Gasteiger partial charge in [-0.05, 0) is 32.1 Å². The van der Waals surface area contributed by atoms with E-state index in [4.69, 9.17) is 18.5 Å². The number of allylic oxidation sites excluding steroid dienone is 2. The van der Waals surface area contributed by atoms with Crippen molar-refractivity contribution in [3.8, 4) is 0 Å². The molecule has 0 aliphatic heterocycles. The predicted molar refractivity (Wildman–Crippen MR) is 180 cm³/mol. The molecule has 0 aromatic rings. The highest BCUT2D eigenvalue weighted by Crippen LogP contribution is 2.47. The first-order valence-electron chi connectivity index (χ1n) is 18.0. The number of phosphoric acid groups is 1. The van der Waals surface area contributed by atoms with Gasteiger partial charge in [0, 0.05) is 12.8 Å². The summed E-state index contributed by atoms with van der Waals surface area (Å²) in [7, 11) is -5.10. The highest BCUT2D eigenvalue weighted by Gasteiger charge is 2.51. The fourth-order valence-corrected chi connectivity index (χ4v) is 6.30. The van der Waals surface area contributed by atoms with Crippen molar-refractivity contribution in [3.05, 3.63) is 12.2 Å². The Morgan fingerprint density at radius 3 is 1.65 bits per heavy atom. The van der Waals surface area contributed by atoms with Gasteiger partial charge in [0.05, 0.1) is 6.61 Å². The molecule has 0 heterocycles. The summed E-state index contributed by atoms with van der Waals surface area (Å²) in [5.41, 5.74) is 0. The van der Waals surface area contributed by atoms with E-state index in [1.165, 1.54) is 38.5 Å². The van der Waals surface area contributed by atoms with Crippen molar-refractivity contribution in [2.24, 2.45) is 0 Å². The van der Waals surface area contributed by atoms with Crippen LogP contribution in [0.2, 0.25) is 0 Å². The van der Waals surface area contributed by atoms with Crippen molar-refractivity contribution in [3.63, 3.8) is 0 Å².